The van der Waals surface area contributed by atoms with Gasteiger partial charge in [-0.25, -0.2) is 9.98 Å². The highest BCUT2D eigenvalue weighted by Gasteiger charge is 2.25. The van der Waals surface area contributed by atoms with Crippen molar-refractivity contribution < 1.29 is 8.83 Å². The Hall–Kier alpha value is -7.28. The molecule has 0 saturated heterocycles. The number of furan rings is 2. The molecule has 0 bridgehead atoms. The highest BCUT2D eigenvalue weighted by molar-refractivity contribution is 7.26. The van der Waals surface area contributed by atoms with Gasteiger partial charge in [-0.2, -0.15) is 0 Å². The summed E-state index contributed by atoms with van der Waals surface area (Å²) >= 11 is 1.84. The second-order valence-corrected chi connectivity index (χ2v) is 15.6. The molecule has 0 spiro atoms. The van der Waals surface area contributed by atoms with Gasteiger partial charge in [-0.15, -0.1) is 11.3 Å². The van der Waals surface area contributed by atoms with Gasteiger partial charge in [0.25, 0.3) is 0 Å². The Labute approximate surface area is 330 Å². The maximum Gasteiger partial charge on any atom is 0.160 e. The number of nitrogens with one attached hydrogen (secondary N) is 1. The molecule has 11 aromatic rings. The second-order valence-electron chi connectivity index (χ2n) is 14.5. The zero-order valence-corrected chi connectivity index (χ0v) is 31.3. The van der Waals surface area contributed by atoms with Crippen LogP contribution in [-0.2, 0) is 0 Å². The van der Waals surface area contributed by atoms with Crippen LogP contribution in [0.4, 0.5) is 0 Å². The molecule has 5 nitrogen and oxygen atoms in total. The minimum absolute atomic E-state index is 0.431. The lowest BCUT2D eigenvalue weighted by molar-refractivity contribution is 0.655. The van der Waals surface area contributed by atoms with E-state index in [2.05, 4.69) is 145 Å². The van der Waals surface area contributed by atoms with Crippen molar-refractivity contribution in [3.8, 4) is 22.3 Å². The summed E-state index contributed by atoms with van der Waals surface area (Å²) < 4.78 is 15.5. The van der Waals surface area contributed by atoms with Crippen LogP contribution in [0.5, 0.6) is 0 Å². The Balaban J connectivity index is 1.04. The van der Waals surface area contributed by atoms with E-state index in [1.165, 1.54) is 25.7 Å². The van der Waals surface area contributed by atoms with Gasteiger partial charge in [-0.05, 0) is 64.7 Å². The molecule has 1 unspecified atom stereocenters. The zero-order valence-electron chi connectivity index (χ0n) is 30.4. The van der Waals surface area contributed by atoms with E-state index in [9.17, 15) is 0 Å². The van der Waals surface area contributed by atoms with E-state index in [0.29, 0.717) is 5.84 Å². The summed E-state index contributed by atoms with van der Waals surface area (Å²) in [6, 6.07) is 61.5. The molecule has 0 saturated carbocycles. The summed E-state index contributed by atoms with van der Waals surface area (Å²) in [5, 5.41) is 10.5. The average molecular weight is 750 g/mol. The van der Waals surface area contributed by atoms with E-state index in [0.717, 1.165) is 83.1 Å². The molecule has 12 rings (SSSR count). The van der Waals surface area contributed by atoms with Crippen LogP contribution in [0.1, 0.15) is 22.9 Å². The fourth-order valence-electron chi connectivity index (χ4n) is 8.43. The Kier molecular flexibility index (Phi) is 7.09. The van der Waals surface area contributed by atoms with Crippen LogP contribution in [0, 0.1) is 0 Å². The van der Waals surface area contributed by atoms with Gasteiger partial charge >= 0.3 is 0 Å². The predicted molar refractivity (Wildman–Crippen MR) is 237 cm³/mol. The normalized spacial score (nSPS) is 14.5. The lowest BCUT2D eigenvalue weighted by Crippen LogP contribution is -2.33. The molecule has 268 valence electrons. The number of hydrogen-bond acceptors (Lipinski definition) is 6. The van der Waals surface area contributed by atoms with Crippen LogP contribution in [0.3, 0.4) is 0 Å². The lowest BCUT2D eigenvalue weighted by atomic mass is 9.99. The van der Waals surface area contributed by atoms with E-state index in [-0.39, 0.29) is 0 Å². The van der Waals surface area contributed by atoms with Gasteiger partial charge in [0, 0.05) is 58.4 Å². The summed E-state index contributed by atoms with van der Waals surface area (Å²) in [6.45, 7) is 0. The minimum atomic E-state index is -0.431. The Bertz CT molecular complexity index is 3460. The second kappa shape index (κ2) is 12.6. The third kappa shape index (κ3) is 5.22. The van der Waals surface area contributed by atoms with E-state index >= 15 is 0 Å². The number of thiophene rings is 1. The van der Waals surface area contributed by atoms with Gasteiger partial charge in [0.2, 0.25) is 0 Å². The number of nitrogens with zero attached hydrogens (tertiary/aromatic N) is 2. The van der Waals surface area contributed by atoms with Gasteiger partial charge in [-0.3, -0.25) is 0 Å². The molecular weight excluding hydrogens is 719 g/mol. The van der Waals surface area contributed by atoms with Crippen molar-refractivity contribution in [3.63, 3.8) is 0 Å². The highest BCUT2D eigenvalue weighted by Crippen LogP contribution is 2.42. The third-order valence-corrected chi connectivity index (χ3v) is 12.4. The maximum absolute atomic E-state index is 6.55. The minimum Gasteiger partial charge on any atom is -0.456 e. The maximum atomic E-state index is 6.55. The predicted octanol–water partition coefficient (Wildman–Crippen LogP) is 13.7. The highest BCUT2D eigenvalue weighted by atomic mass is 32.1. The van der Waals surface area contributed by atoms with Crippen molar-refractivity contribution >= 4 is 87.1 Å². The van der Waals surface area contributed by atoms with Crippen LogP contribution in [0.25, 0.3) is 86.3 Å². The van der Waals surface area contributed by atoms with E-state index in [1.807, 2.05) is 47.7 Å². The molecule has 1 N–H and O–H groups in total. The molecule has 0 amide bonds. The number of benzene rings is 8. The summed E-state index contributed by atoms with van der Waals surface area (Å²) in [5.74, 6) is 1.38. The van der Waals surface area contributed by atoms with Crippen LogP contribution in [-0.4, -0.2) is 11.7 Å². The average Bonchev–Trinajstić information content (AvgIpc) is 3.97. The number of fused-ring (bicyclic) bond motifs is 9. The summed E-state index contributed by atoms with van der Waals surface area (Å²) in [4.78, 5) is 10.7. The first-order valence-electron chi connectivity index (χ1n) is 19.1. The molecule has 8 aromatic carbocycles. The number of aliphatic imine (C=N–C) groups is 2. The van der Waals surface area contributed by atoms with Crippen molar-refractivity contribution in [1.29, 1.82) is 0 Å². The quantitative estimate of drug-likeness (QED) is 0.191. The fraction of sp³-hybridized carbons (Fsp3) is 0.0196. The van der Waals surface area contributed by atoms with Crippen molar-refractivity contribution in [1.82, 2.24) is 5.32 Å². The smallest absolute Gasteiger partial charge is 0.160 e. The van der Waals surface area contributed by atoms with E-state index in [1.54, 1.807) is 0 Å². The molecule has 1 aliphatic heterocycles. The van der Waals surface area contributed by atoms with Crippen LogP contribution >= 0.6 is 11.3 Å². The molecule has 0 radical (unpaired) electrons. The summed E-state index contributed by atoms with van der Waals surface area (Å²) in [5.41, 5.74) is 10.8. The van der Waals surface area contributed by atoms with Crippen LogP contribution in [0.2, 0.25) is 0 Å². The van der Waals surface area contributed by atoms with Crippen molar-refractivity contribution in [2.45, 2.75) is 6.17 Å². The first-order valence-corrected chi connectivity index (χ1v) is 19.9. The Morgan fingerprint density at radius 2 is 1.16 bits per heavy atom. The Morgan fingerprint density at radius 3 is 2.11 bits per heavy atom. The number of rotatable bonds is 5. The van der Waals surface area contributed by atoms with Gasteiger partial charge < -0.3 is 14.2 Å². The van der Waals surface area contributed by atoms with E-state index in [4.69, 9.17) is 18.8 Å². The van der Waals surface area contributed by atoms with Crippen LogP contribution < -0.4 is 5.32 Å². The molecule has 57 heavy (non-hydrogen) atoms. The monoisotopic (exact) mass is 749 g/mol. The largest absolute Gasteiger partial charge is 0.456 e. The van der Waals surface area contributed by atoms with Crippen LogP contribution in [0.15, 0.2) is 195 Å². The fourth-order valence-corrected chi connectivity index (χ4v) is 9.67. The van der Waals surface area contributed by atoms with E-state index < -0.39 is 6.17 Å². The number of para-hydroxylation sites is 1. The molecular formula is C51H31N3O2S. The van der Waals surface area contributed by atoms with Gasteiger partial charge in [0.05, 0.1) is 0 Å². The number of amidine groups is 2. The topological polar surface area (TPSA) is 63.0 Å². The lowest BCUT2D eigenvalue weighted by Gasteiger charge is -2.24. The molecule has 1 aliphatic rings. The molecule has 1 atom stereocenters. The molecule has 6 heteroatoms. The SMILES string of the molecule is c1ccc(-c2cccc(C3=NC(c4cccc5oc6ccc(-c7cccc8c7sc7ccccc78)cc6c45)=NC(c4ccc5c(c4)oc4ccccc45)N3)c2)cc1. The number of hydrogen-bond donors (Lipinski definition) is 1. The standard InChI is InChI=1S/C51H31N3O2S/c1-2-11-30(12-3-1)31-13-8-14-33(27-31)49-52-50(34-23-25-37-36-15-4-6-20-42(36)56-45(37)29-34)54-51(53-49)40-19-10-21-44-47(40)41-28-32(24-26-43(41)55-44)35-17-9-18-39-38-16-5-7-22-46(38)57-48(35)39/h1-29,50H,(H,52,53,54). The van der Waals surface area contributed by atoms with Crippen molar-refractivity contribution in [2.24, 2.45) is 9.98 Å². The van der Waals surface area contributed by atoms with Crippen molar-refractivity contribution in [2.75, 3.05) is 0 Å². The molecule has 3 aromatic heterocycles. The van der Waals surface area contributed by atoms with Gasteiger partial charge in [0.1, 0.15) is 34.3 Å². The first-order chi connectivity index (χ1) is 28.2. The van der Waals surface area contributed by atoms with Gasteiger partial charge in [0.15, 0.2) is 5.84 Å². The third-order valence-electron chi connectivity index (χ3n) is 11.2. The van der Waals surface area contributed by atoms with Crippen molar-refractivity contribution in [3.05, 3.63) is 193 Å². The van der Waals surface area contributed by atoms with Gasteiger partial charge in [-0.1, -0.05) is 133 Å². The molecule has 4 heterocycles. The Morgan fingerprint density at radius 1 is 0.456 bits per heavy atom. The summed E-state index contributed by atoms with van der Waals surface area (Å²) in [6.07, 6.45) is -0.431. The molecule has 0 fully saturated rings. The first kappa shape index (κ1) is 32.0. The summed E-state index contributed by atoms with van der Waals surface area (Å²) in [7, 11) is 0. The molecule has 0 aliphatic carbocycles. The zero-order chi connectivity index (χ0) is 37.5.